The molecule has 0 aliphatic rings. The van der Waals surface area contributed by atoms with Crippen LogP contribution in [0.2, 0.25) is 0 Å². The van der Waals surface area contributed by atoms with E-state index in [0.717, 1.165) is 31.9 Å². The predicted octanol–water partition coefficient (Wildman–Crippen LogP) is 4.29. The van der Waals surface area contributed by atoms with Crippen LogP contribution in [0.4, 0.5) is 0 Å². The Bertz CT molecular complexity index is 524. The van der Waals surface area contributed by atoms with E-state index in [1.165, 1.54) is 11.3 Å². The molecule has 0 saturated heterocycles. The summed E-state index contributed by atoms with van der Waals surface area (Å²) in [7, 11) is 0. The summed E-state index contributed by atoms with van der Waals surface area (Å²) in [5.74, 6) is 0.322. The van der Waals surface area contributed by atoms with E-state index in [9.17, 15) is 0 Å². The quantitative estimate of drug-likeness (QED) is 0.660. The minimum Gasteiger partial charge on any atom is -0.508 e. The lowest BCUT2D eigenvalue weighted by Crippen LogP contribution is -1.56. The molecule has 0 aliphatic heterocycles. The third kappa shape index (κ3) is 5.65. The maximum atomic E-state index is 8.63. The molecule has 2 rings (SSSR count). The lowest BCUT2D eigenvalue weighted by atomic mass is 10.3. The molecule has 6 heteroatoms. The number of hydrogen-bond donors (Lipinski definition) is 1. The number of benzene rings is 1. The minimum absolute atomic E-state index is 0.322. The van der Waals surface area contributed by atoms with E-state index < -0.39 is 0 Å². The fourth-order valence-electron chi connectivity index (χ4n) is 0.931. The van der Waals surface area contributed by atoms with Crippen LogP contribution in [0.15, 0.2) is 50.9 Å². The van der Waals surface area contributed by atoms with Gasteiger partial charge in [-0.2, -0.15) is 10.5 Å². The zero-order chi connectivity index (χ0) is 13.2. The van der Waals surface area contributed by atoms with Gasteiger partial charge >= 0.3 is 0 Å². The van der Waals surface area contributed by atoms with Crippen molar-refractivity contribution in [2.75, 3.05) is 0 Å². The summed E-state index contributed by atoms with van der Waals surface area (Å²) >= 11 is 3.71. The first-order chi connectivity index (χ1) is 8.76. The summed E-state index contributed by atoms with van der Waals surface area (Å²) < 4.78 is 1.87. The zero-order valence-electron chi connectivity index (χ0n) is 9.11. The number of thiophene rings is 1. The van der Waals surface area contributed by atoms with Crippen LogP contribution in [0.1, 0.15) is 0 Å². The lowest BCUT2D eigenvalue weighted by Gasteiger charge is -1.82. The van der Waals surface area contributed by atoms with Gasteiger partial charge in [-0.05, 0) is 24.3 Å². The molecule has 0 fully saturated rings. The van der Waals surface area contributed by atoms with Crippen LogP contribution in [0.3, 0.4) is 0 Å². The molecule has 18 heavy (non-hydrogen) atoms. The van der Waals surface area contributed by atoms with Crippen LogP contribution in [0.5, 0.6) is 5.75 Å². The van der Waals surface area contributed by atoms with Gasteiger partial charge in [-0.3, -0.25) is 0 Å². The van der Waals surface area contributed by atoms with Crippen molar-refractivity contribution < 1.29 is 5.11 Å². The maximum absolute atomic E-state index is 8.63. The minimum atomic E-state index is 0.322. The van der Waals surface area contributed by atoms with Crippen molar-refractivity contribution in [2.24, 2.45) is 0 Å². The van der Waals surface area contributed by atoms with E-state index in [1.807, 2.05) is 29.0 Å². The lowest BCUT2D eigenvalue weighted by molar-refractivity contribution is 0.475. The van der Waals surface area contributed by atoms with Crippen LogP contribution in [-0.2, 0) is 0 Å². The van der Waals surface area contributed by atoms with Crippen LogP contribution in [-0.4, -0.2) is 5.11 Å². The van der Waals surface area contributed by atoms with Crippen LogP contribution >= 0.6 is 34.9 Å². The average Bonchev–Trinajstić information content (AvgIpc) is 2.80. The molecule has 0 radical (unpaired) electrons. The Morgan fingerprint density at radius 3 is 1.72 bits per heavy atom. The number of nitriles is 2. The number of phenols is 1. The predicted molar refractivity (Wildman–Crippen MR) is 75.4 cm³/mol. The number of thiocyanates is 2. The number of thioether (sulfide) groups is 2. The molecular formula is C12H8N2OS3. The highest BCUT2D eigenvalue weighted by molar-refractivity contribution is 8.07. The third-order valence-electron chi connectivity index (χ3n) is 1.61. The van der Waals surface area contributed by atoms with Crippen molar-refractivity contribution >= 4 is 34.9 Å². The van der Waals surface area contributed by atoms with Crippen molar-refractivity contribution in [1.29, 1.82) is 10.5 Å². The number of phenolic OH excluding ortho intramolecular Hbond substituents is 1. The Kier molecular flexibility index (Phi) is 6.82. The molecule has 0 aliphatic carbocycles. The zero-order valence-corrected chi connectivity index (χ0v) is 11.6. The van der Waals surface area contributed by atoms with Crippen molar-refractivity contribution in [1.82, 2.24) is 0 Å². The van der Waals surface area contributed by atoms with Gasteiger partial charge in [-0.1, -0.05) is 18.2 Å². The van der Waals surface area contributed by atoms with E-state index in [-0.39, 0.29) is 0 Å². The fraction of sp³-hybridized carbons (Fsp3) is 0. The van der Waals surface area contributed by atoms with E-state index >= 15 is 0 Å². The van der Waals surface area contributed by atoms with Crippen molar-refractivity contribution in [3.8, 4) is 16.6 Å². The number of nitrogens with zero attached hydrogens (tertiary/aromatic N) is 2. The molecule has 0 spiro atoms. The summed E-state index contributed by atoms with van der Waals surface area (Å²) in [4.78, 5) is 0. The molecule has 3 nitrogen and oxygen atoms in total. The van der Waals surface area contributed by atoms with Crippen molar-refractivity contribution in [3.63, 3.8) is 0 Å². The van der Waals surface area contributed by atoms with E-state index in [2.05, 4.69) is 0 Å². The van der Waals surface area contributed by atoms with Gasteiger partial charge in [0.05, 0.1) is 8.42 Å². The molecule has 0 bridgehead atoms. The summed E-state index contributed by atoms with van der Waals surface area (Å²) in [6, 6.07) is 12.4. The molecule has 1 aromatic carbocycles. The first-order valence-corrected chi connectivity index (χ1v) is 7.17. The van der Waals surface area contributed by atoms with Crippen LogP contribution < -0.4 is 0 Å². The first kappa shape index (κ1) is 14.5. The topological polar surface area (TPSA) is 67.8 Å². The second-order valence-electron chi connectivity index (χ2n) is 2.80. The molecule has 0 saturated carbocycles. The van der Waals surface area contributed by atoms with E-state index in [0.29, 0.717) is 5.75 Å². The van der Waals surface area contributed by atoms with Crippen molar-refractivity contribution in [2.45, 2.75) is 8.42 Å². The van der Waals surface area contributed by atoms with Gasteiger partial charge in [0.25, 0.3) is 0 Å². The average molecular weight is 292 g/mol. The molecule has 90 valence electrons. The fourth-order valence-corrected chi connectivity index (χ4v) is 3.11. The highest BCUT2D eigenvalue weighted by Crippen LogP contribution is 2.32. The normalized spacial score (nSPS) is 8.56. The molecule has 1 aromatic heterocycles. The number of aromatic hydroxyl groups is 1. The summed E-state index contributed by atoms with van der Waals surface area (Å²) in [6.45, 7) is 0. The van der Waals surface area contributed by atoms with Gasteiger partial charge in [0.2, 0.25) is 0 Å². The molecule has 0 unspecified atom stereocenters. The number of para-hydroxylation sites is 1. The van der Waals surface area contributed by atoms with Gasteiger partial charge in [0, 0.05) is 23.5 Å². The summed E-state index contributed by atoms with van der Waals surface area (Å²) in [5, 5.41) is 29.2. The number of hydrogen-bond acceptors (Lipinski definition) is 6. The van der Waals surface area contributed by atoms with Crippen LogP contribution in [0.25, 0.3) is 0 Å². The third-order valence-corrected chi connectivity index (χ3v) is 4.14. The standard InChI is InChI=1S/C6H2N2S3.C6H6O/c7-3-9-5-1-2-6(11-5)10-4-8;7-6-4-2-1-3-5-6/h1-2H;1-5,7H. The van der Waals surface area contributed by atoms with Crippen molar-refractivity contribution in [3.05, 3.63) is 42.5 Å². The second-order valence-corrected chi connectivity index (χ2v) is 6.05. The molecule has 0 amide bonds. The van der Waals surface area contributed by atoms with E-state index in [1.54, 1.807) is 24.3 Å². The monoisotopic (exact) mass is 292 g/mol. The first-order valence-electron chi connectivity index (χ1n) is 4.72. The second kappa shape index (κ2) is 8.48. The molecular weight excluding hydrogens is 284 g/mol. The van der Waals surface area contributed by atoms with E-state index in [4.69, 9.17) is 15.6 Å². The van der Waals surface area contributed by atoms with Gasteiger partial charge in [0.15, 0.2) is 0 Å². The van der Waals surface area contributed by atoms with Crippen LogP contribution in [0, 0.1) is 21.3 Å². The number of rotatable bonds is 2. The highest BCUT2D eigenvalue weighted by Gasteiger charge is 1.99. The Morgan fingerprint density at radius 1 is 0.889 bits per heavy atom. The summed E-state index contributed by atoms with van der Waals surface area (Å²) in [6.07, 6.45) is 0. The van der Waals surface area contributed by atoms with Gasteiger partial charge in [-0.15, -0.1) is 11.3 Å². The van der Waals surface area contributed by atoms with Gasteiger partial charge < -0.3 is 5.11 Å². The molecule has 1 heterocycles. The van der Waals surface area contributed by atoms with Gasteiger partial charge in [-0.25, -0.2) is 0 Å². The Balaban J connectivity index is 0.000000199. The largest absolute Gasteiger partial charge is 0.508 e. The Hall–Kier alpha value is -1.60. The molecule has 0 atom stereocenters. The molecule has 2 aromatic rings. The maximum Gasteiger partial charge on any atom is 0.139 e. The smallest absolute Gasteiger partial charge is 0.139 e. The molecule has 1 N–H and O–H groups in total. The Labute approximate surface area is 118 Å². The Morgan fingerprint density at radius 2 is 1.39 bits per heavy atom. The van der Waals surface area contributed by atoms with Gasteiger partial charge in [0.1, 0.15) is 16.6 Å². The SMILES string of the molecule is N#CSc1ccc(SC#N)s1.Oc1ccccc1. The highest BCUT2D eigenvalue weighted by atomic mass is 32.2. The summed E-state index contributed by atoms with van der Waals surface area (Å²) in [5.41, 5.74) is 0.